The number of rotatable bonds is 17. The van der Waals surface area contributed by atoms with Gasteiger partial charge >= 0.3 is 6.03 Å². The standard InChI is InChI=1S/C63H73Cl2FN12O7/c1-10-84-53-35-43(61(3,4)5)15-21-48(53)57-71-62(6,41-11-16-44(64)17-12-41)63(7,42-13-18-45(65)19-14-42)78(57)60(81)76-27-25-75(26-28-76)30-32-83-34-33-82-31-23-54(79)73(8)24-29-77-52(37-67)55-50-38-69-56(68)58(70-50)85-40(2)49-36-46(66)20-22-47(49)59(80)74(9)39-51(55)72-77/h11-22,35-36,38,40H,10,23-34,39H2,1-9H3,(H2,68,69)/t40-,62-,63+/m1/s1. The van der Waals surface area contributed by atoms with Crippen LogP contribution in [-0.2, 0) is 43.9 Å². The Hall–Kier alpha value is -7.67. The summed E-state index contributed by atoms with van der Waals surface area (Å²) < 4.78 is 40.2. The molecule has 2 aromatic heterocycles. The fourth-order valence-electron chi connectivity index (χ4n) is 11.1. The highest BCUT2D eigenvalue weighted by atomic mass is 35.5. The third kappa shape index (κ3) is 13.0. The van der Waals surface area contributed by atoms with Crippen LogP contribution in [0.25, 0.3) is 11.3 Å². The smallest absolute Gasteiger partial charge is 0.326 e. The minimum Gasteiger partial charge on any atom is -0.493 e. The van der Waals surface area contributed by atoms with Crippen LogP contribution in [0.4, 0.5) is 15.0 Å². The molecule has 4 amide bonds. The Kier molecular flexibility index (Phi) is 18.9. The summed E-state index contributed by atoms with van der Waals surface area (Å²) in [5.74, 6) is -0.0546. The Morgan fingerprint density at radius 1 is 0.906 bits per heavy atom. The zero-order valence-corrected chi connectivity index (χ0v) is 51.1. The summed E-state index contributed by atoms with van der Waals surface area (Å²) in [6.45, 7) is 19.1. The second kappa shape index (κ2) is 25.9. The molecule has 3 aliphatic rings. The van der Waals surface area contributed by atoms with E-state index in [1.54, 1.807) is 21.0 Å². The van der Waals surface area contributed by atoms with Gasteiger partial charge in [-0.15, -0.1) is 0 Å². The molecule has 448 valence electrons. The van der Waals surface area contributed by atoms with E-state index in [9.17, 15) is 19.2 Å². The zero-order chi connectivity index (χ0) is 61.0. The van der Waals surface area contributed by atoms with E-state index in [0.717, 1.165) is 22.3 Å². The first-order valence-corrected chi connectivity index (χ1v) is 29.3. The number of urea groups is 1. The Bertz CT molecular complexity index is 3510. The van der Waals surface area contributed by atoms with Crippen molar-refractivity contribution in [3.8, 4) is 29.0 Å². The Balaban J connectivity index is 0.780. The topological polar surface area (TPSA) is 210 Å². The van der Waals surface area contributed by atoms with Crippen molar-refractivity contribution in [3.63, 3.8) is 0 Å². The molecule has 22 heteroatoms. The van der Waals surface area contributed by atoms with Gasteiger partial charge in [0.2, 0.25) is 5.91 Å². The Morgan fingerprint density at radius 3 is 2.22 bits per heavy atom. The normalized spacial score (nSPS) is 19.0. The van der Waals surface area contributed by atoms with Crippen molar-refractivity contribution in [2.75, 3.05) is 92.1 Å². The summed E-state index contributed by atoms with van der Waals surface area (Å²) in [6, 6.07) is 27.4. The van der Waals surface area contributed by atoms with Crippen molar-refractivity contribution in [2.45, 2.75) is 90.6 Å². The number of ether oxygens (including phenoxy) is 4. The average Bonchev–Trinajstić information content (AvgIpc) is 1.63. The van der Waals surface area contributed by atoms with Gasteiger partial charge in [-0.1, -0.05) is 74.3 Å². The van der Waals surface area contributed by atoms with E-state index < -0.39 is 28.9 Å². The van der Waals surface area contributed by atoms with Crippen molar-refractivity contribution in [3.05, 3.63) is 152 Å². The molecule has 0 spiro atoms. The number of halogens is 3. The number of likely N-dealkylation sites (N-methyl/N-ethyl adjacent to an activating group) is 1. The number of hydrogen-bond acceptors (Lipinski definition) is 14. The number of amides is 4. The maximum absolute atomic E-state index is 15.5. The van der Waals surface area contributed by atoms with E-state index in [4.69, 9.17) is 58.0 Å². The number of fused-ring (bicyclic) bond motifs is 5. The molecule has 2 bridgehead atoms. The number of amidine groups is 1. The molecule has 1 fully saturated rings. The number of aromatic nitrogens is 4. The van der Waals surface area contributed by atoms with Crippen molar-refractivity contribution >= 4 is 52.7 Å². The number of carbonyl (C=O) groups is 3. The van der Waals surface area contributed by atoms with Gasteiger partial charge in [-0.3, -0.25) is 29.1 Å². The van der Waals surface area contributed by atoms with Gasteiger partial charge in [-0.05, 0) is 104 Å². The van der Waals surface area contributed by atoms with Gasteiger partial charge in [-0.25, -0.2) is 19.2 Å². The molecule has 19 nitrogen and oxygen atoms in total. The second-order valence-corrected chi connectivity index (χ2v) is 23.7. The number of hydrogen-bond donors (Lipinski definition) is 1. The predicted molar refractivity (Wildman–Crippen MR) is 323 cm³/mol. The van der Waals surface area contributed by atoms with Gasteiger partial charge in [0.15, 0.2) is 5.82 Å². The van der Waals surface area contributed by atoms with Crippen molar-refractivity contribution in [1.82, 2.24) is 44.2 Å². The van der Waals surface area contributed by atoms with E-state index in [1.807, 2.05) is 71.3 Å². The number of nitrogens with zero attached hydrogens (tertiary/aromatic N) is 11. The third-order valence-electron chi connectivity index (χ3n) is 16.3. The van der Waals surface area contributed by atoms with Crippen LogP contribution >= 0.6 is 23.2 Å². The molecule has 0 radical (unpaired) electrons. The summed E-state index contributed by atoms with van der Waals surface area (Å²) >= 11 is 13.0. The molecular formula is C63H73Cl2FN12O7. The number of piperazine rings is 1. The highest BCUT2D eigenvalue weighted by Crippen LogP contribution is 2.54. The molecule has 1 saturated heterocycles. The molecule has 0 saturated carbocycles. The van der Waals surface area contributed by atoms with E-state index >= 15 is 4.79 Å². The highest BCUT2D eigenvalue weighted by Gasteiger charge is 2.60. The van der Waals surface area contributed by atoms with E-state index in [2.05, 4.69) is 67.7 Å². The number of anilines is 1. The fourth-order valence-corrected chi connectivity index (χ4v) is 11.4. The van der Waals surface area contributed by atoms with Gasteiger partial charge in [0.25, 0.3) is 11.8 Å². The first-order valence-electron chi connectivity index (χ1n) is 28.5. The minimum absolute atomic E-state index is 0.0279. The molecule has 2 N–H and O–H groups in total. The first kappa shape index (κ1) is 61.9. The number of benzene rings is 4. The minimum atomic E-state index is -1.05. The molecule has 85 heavy (non-hydrogen) atoms. The average molecular weight is 1200 g/mol. The van der Waals surface area contributed by atoms with Gasteiger partial charge in [0.05, 0.1) is 81.3 Å². The van der Waals surface area contributed by atoms with Crippen LogP contribution in [-0.4, -0.2) is 154 Å². The van der Waals surface area contributed by atoms with Crippen LogP contribution in [0, 0.1) is 17.1 Å². The molecular weight excluding hydrogens is 1130 g/mol. The zero-order valence-electron chi connectivity index (χ0n) is 49.6. The summed E-state index contributed by atoms with van der Waals surface area (Å²) in [7, 11) is 3.25. The molecule has 6 aromatic rings. The first-order chi connectivity index (χ1) is 40.6. The summed E-state index contributed by atoms with van der Waals surface area (Å²) in [6.07, 6.45) is 0.680. The molecule has 3 aliphatic heterocycles. The SMILES string of the molecule is CCOc1cc(C(C)(C)C)ccc1C1=N[C@](C)(c2ccc(Cl)cc2)[C@](C)(c2ccc(Cl)cc2)N1C(=O)N1CCN(CCOCCOCCC(=O)N(C)CCn2nc3c(c2C#N)-c2cnc(N)c(n2)O[C@H](C)c2cc(F)ccc2C(=O)N(C)C3)CC1. The van der Waals surface area contributed by atoms with Crippen molar-refractivity contribution in [1.29, 1.82) is 5.26 Å². The predicted octanol–water partition coefficient (Wildman–Crippen LogP) is 9.87. The number of carbonyl (C=O) groups excluding carboxylic acids is 3. The van der Waals surface area contributed by atoms with Crippen LogP contribution in [0.1, 0.15) is 111 Å². The van der Waals surface area contributed by atoms with Gasteiger partial charge in [-0.2, -0.15) is 10.4 Å². The van der Waals surface area contributed by atoms with E-state index in [1.165, 1.54) is 38.9 Å². The lowest BCUT2D eigenvalue weighted by atomic mass is 9.71. The maximum atomic E-state index is 15.5. The Labute approximate surface area is 506 Å². The quantitative estimate of drug-likeness (QED) is 0.0844. The fraction of sp³-hybridized carbons (Fsp3) is 0.429. The summed E-state index contributed by atoms with van der Waals surface area (Å²) in [5, 5.41) is 16.4. The van der Waals surface area contributed by atoms with Crippen LogP contribution in [0.3, 0.4) is 0 Å². The van der Waals surface area contributed by atoms with Crippen LogP contribution in [0.2, 0.25) is 10.0 Å². The maximum Gasteiger partial charge on any atom is 0.326 e. The molecule has 3 atom stereocenters. The van der Waals surface area contributed by atoms with E-state index in [-0.39, 0.29) is 85.3 Å². The van der Waals surface area contributed by atoms with Crippen LogP contribution in [0.5, 0.6) is 11.6 Å². The molecule has 0 unspecified atom stereocenters. The van der Waals surface area contributed by atoms with E-state index in [0.29, 0.717) is 91.0 Å². The van der Waals surface area contributed by atoms with Gasteiger partial charge < -0.3 is 39.4 Å². The van der Waals surface area contributed by atoms with Crippen LogP contribution < -0.4 is 15.2 Å². The van der Waals surface area contributed by atoms with Crippen molar-refractivity contribution in [2.24, 2.45) is 4.99 Å². The lowest BCUT2D eigenvalue weighted by Gasteiger charge is -2.47. The monoisotopic (exact) mass is 1200 g/mol. The van der Waals surface area contributed by atoms with Crippen molar-refractivity contribution < 1.29 is 37.7 Å². The largest absolute Gasteiger partial charge is 0.493 e. The number of nitrogens with two attached hydrogens (primary N) is 1. The van der Waals surface area contributed by atoms with Gasteiger partial charge in [0.1, 0.15) is 46.3 Å². The third-order valence-corrected chi connectivity index (χ3v) is 16.8. The lowest BCUT2D eigenvalue weighted by molar-refractivity contribution is -0.131. The Morgan fingerprint density at radius 2 is 1.56 bits per heavy atom. The van der Waals surface area contributed by atoms with Crippen LogP contribution in [0.15, 0.2) is 96.1 Å². The molecule has 4 aromatic carbocycles. The summed E-state index contributed by atoms with van der Waals surface area (Å²) in [4.78, 5) is 66.1. The molecule has 0 aliphatic carbocycles. The van der Waals surface area contributed by atoms with Gasteiger partial charge in [0, 0.05) is 74.5 Å². The number of aliphatic imine (C=N–C) groups is 1. The highest BCUT2D eigenvalue weighted by molar-refractivity contribution is 6.30. The molecule has 5 heterocycles. The second-order valence-electron chi connectivity index (χ2n) is 22.8. The summed E-state index contributed by atoms with van der Waals surface area (Å²) in [5.41, 5.74) is 9.12. The molecule has 9 rings (SSSR count). The number of nitriles is 1. The lowest BCUT2D eigenvalue weighted by Crippen LogP contribution is -2.60. The number of nitrogen functional groups attached to an aromatic ring is 1.